The number of benzene rings is 1. The van der Waals surface area contributed by atoms with E-state index in [1.165, 1.54) is 30.0 Å². The van der Waals surface area contributed by atoms with Gasteiger partial charge in [0.25, 0.3) is 5.69 Å². The van der Waals surface area contributed by atoms with Crippen molar-refractivity contribution in [3.63, 3.8) is 0 Å². The number of ether oxygens (including phenoxy) is 1. The van der Waals surface area contributed by atoms with E-state index in [4.69, 9.17) is 4.74 Å². The molecular formula is C20H24N2O6S. The number of carbonyl (C=O) groups excluding carboxylic acids is 3. The van der Waals surface area contributed by atoms with Gasteiger partial charge in [0.05, 0.1) is 16.8 Å². The average Bonchev–Trinajstić information content (AvgIpc) is 2.98. The number of carbonyl (C=O) groups is 3. The minimum atomic E-state index is -0.952. The summed E-state index contributed by atoms with van der Waals surface area (Å²) in [6.07, 6.45) is 5.42. The van der Waals surface area contributed by atoms with Gasteiger partial charge in [0, 0.05) is 12.1 Å². The zero-order valence-electron chi connectivity index (χ0n) is 16.2. The lowest BCUT2D eigenvalue weighted by Crippen LogP contribution is -2.46. The lowest BCUT2D eigenvalue weighted by Gasteiger charge is -2.25. The summed E-state index contributed by atoms with van der Waals surface area (Å²) in [6, 6.07) is 4.88. The second-order valence-corrected chi connectivity index (χ2v) is 8.36. The van der Waals surface area contributed by atoms with Gasteiger partial charge in [-0.15, -0.1) is 0 Å². The third-order valence-electron chi connectivity index (χ3n) is 5.56. The van der Waals surface area contributed by atoms with Crippen LogP contribution in [0, 0.1) is 22.0 Å². The normalized spacial score (nSPS) is 22.3. The highest BCUT2D eigenvalue weighted by Crippen LogP contribution is 2.39. The van der Waals surface area contributed by atoms with E-state index >= 15 is 0 Å². The predicted molar refractivity (Wildman–Crippen MR) is 107 cm³/mol. The Hall–Kier alpha value is -2.42. The molecule has 1 heterocycles. The molecule has 1 aromatic carbocycles. The average molecular weight is 420 g/mol. The van der Waals surface area contributed by atoms with Crippen molar-refractivity contribution >= 4 is 35.2 Å². The predicted octanol–water partition coefficient (Wildman–Crippen LogP) is 2.93. The highest BCUT2D eigenvalue weighted by Gasteiger charge is 2.52. The Balaban J connectivity index is 1.73. The molecule has 1 saturated carbocycles. The van der Waals surface area contributed by atoms with E-state index in [9.17, 15) is 24.5 Å². The number of non-ortho nitro benzene ring substituents is 1. The summed E-state index contributed by atoms with van der Waals surface area (Å²) in [5.41, 5.74) is 0.385. The number of likely N-dealkylation sites (tertiary alicyclic amines) is 1. The Morgan fingerprint density at radius 3 is 2.52 bits per heavy atom. The Bertz CT molecular complexity index is 790. The van der Waals surface area contributed by atoms with Crippen LogP contribution >= 0.6 is 11.8 Å². The fraction of sp³-hybridized carbons (Fsp3) is 0.550. The van der Waals surface area contributed by atoms with Crippen LogP contribution in [0.3, 0.4) is 0 Å². The SMILES string of the molecule is CSCCC(C(=O)OCc1cccc([N+](=O)[O-])c1)N1C(=O)C2CCCCC2C1=O. The minimum absolute atomic E-state index is 0.0912. The highest BCUT2D eigenvalue weighted by atomic mass is 32.2. The number of amides is 2. The summed E-state index contributed by atoms with van der Waals surface area (Å²) >= 11 is 1.52. The van der Waals surface area contributed by atoms with Crippen molar-refractivity contribution in [3.8, 4) is 0 Å². The van der Waals surface area contributed by atoms with E-state index < -0.39 is 16.9 Å². The van der Waals surface area contributed by atoms with Gasteiger partial charge in [-0.25, -0.2) is 4.79 Å². The zero-order valence-corrected chi connectivity index (χ0v) is 17.1. The Morgan fingerprint density at radius 2 is 1.93 bits per heavy atom. The molecule has 1 aromatic rings. The minimum Gasteiger partial charge on any atom is -0.459 e. The molecule has 3 atom stereocenters. The van der Waals surface area contributed by atoms with Gasteiger partial charge in [-0.2, -0.15) is 11.8 Å². The van der Waals surface area contributed by atoms with Crippen LogP contribution in [0.25, 0.3) is 0 Å². The van der Waals surface area contributed by atoms with E-state index in [0.717, 1.165) is 17.7 Å². The molecule has 0 N–H and O–H groups in total. The molecule has 156 valence electrons. The van der Waals surface area contributed by atoms with Crippen molar-refractivity contribution in [2.75, 3.05) is 12.0 Å². The molecule has 2 amide bonds. The number of hydrogen-bond donors (Lipinski definition) is 0. The molecule has 0 spiro atoms. The molecular weight excluding hydrogens is 396 g/mol. The van der Waals surface area contributed by atoms with Gasteiger partial charge in [-0.1, -0.05) is 25.0 Å². The van der Waals surface area contributed by atoms with Crippen molar-refractivity contribution in [2.45, 2.75) is 44.8 Å². The van der Waals surface area contributed by atoms with E-state index in [0.29, 0.717) is 30.6 Å². The number of imide groups is 1. The van der Waals surface area contributed by atoms with Crippen LogP contribution in [0.5, 0.6) is 0 Å². The maximum atomic E-state index is 12.9. The lowest BCUT2D eigenvalue weighted by molar-refractivity contribution is -0.384. The number of esters is 1. The molecule has 0 bridgehead atoms. The first kappa shape index (κ1) is 21.3. The van der Waals surface area contributed by atoms with E-state index in [-0.39, 0.29) is 35.9 Å². The summed E-state index contributed by atoms with van der Waals surface area (Å²) < 4.78 is 5.37. The molecule has 9 heteroatoms. The van der Waals surface area contributed by atoms with Gasteiger partial charge in [-0.3, -0.25) is 24.6 Å². The van der Waals surface area contributed by atoms with Crippen LogP contribution in [-0.4, -0.2) is 45.7 Å². The fourth-order valence-corrected chi connectivity index (χ4v) is 4.55. The molecule has 8 nitrogen and oxygen atoms in total. The molecule has 0 aromatic heterocycles. The first-order valence-corrected chi connectivity index (χ1v) is 11.1. The third kappa shape index (κ3) is 4.60. The van der Waals surface area contributed by atoms with E-state index in [1.807, 2.05) is 6.26 Å². The monoisotopic (exact) mass is 420 g/mol. The van der Waals surface area contributed by atoms with Crippen molar-refractivity contribution in [3.05, 3.63) is 39.9 Å². The third-order valence-corrected chi connectivity index (χ3v) is 6.20. The number of thioether (sulfide) groups is 1. The molecule has 1 aliphatic heterocycles. The molecule has 2 fully saturated rings. The van der Waals surface area contributed by atoms with Crippen molar-refractivity contribution in [1.82, 2.24) is 4.90 Å². The van der Waals surface area contributed by atoms with Crippen LogP contribution in [0.2, 0.25) is 0 Å². The number of nitro benzene ring substituents is 1. The lowest BCUT2D eigenvalue weighted by atomic mass is 9.81. The van der Waals surface area contributed by atoms with Crippen molar-refractivity contribution in [2.24, 2.45) is 11.8 Å². The molecule has 3 unspecified atom stereocenters. The quantitative estimate of drug-likeness (QED) is 0.275. The first-order valence-electron chi connectivity index (χ1n) is 9.70. The maximum absolute atomic E-state index is 12.9. The molecule has 2 aliphatic rings. The zero-order chi connectivity index (χ0) is 21.0. The Kier molecular flexibility index (Phi) is 6.89. The van der Waals surface area contributed by atoms with Gasteiger partial charge < -0.3 is 4.74 Å². The van der Waals surface area contributed by atoms with Gasteiger partial charge in [0.2, 0.25) is 11.8 Å². The molecule has 1 saturated heterocycles. The van der Waals surface area contributed by atoms with Gasteiger partial charge in [-0.05, 0) is 36.8 Å². The second kappa shape index (κ2) is 9.39. The number of rotatable bonds is 8. The largest absolute Gasteiger partial charge is 0.459 e. The van der Waals surface area contributed by atoms with Crippen LogP contribution in [-0.2, 0) is 25.7 Å². The van der Waals surface area contributed by atoms with E-state index in [1.54, 1.807) is 6.07 Å². The summed E-state index contributed by atoms with van der Waals surface area (Å²) in [5, 5.41) is 10.9. The molecule has 3 rings (SSSR count). The standard InChI is InChI=1S/C20H24N2O6S/c1-29-10-9-17(21-18(23)15-7-2-3-8-16(15)19(21)24)20(25)28-12-13-5-4-6-14(11-13)22(26)27/h4-6,11,15-17H,2-3,7-10,12H2,1H3. The summed E-state index contributed by atoms with van der Waals surface area (Å²) in [5.74, 6) is -1.22. The fourth-order valence-electron chi connectivity index (χ4n) is 4.09. The van der Waals surface area contributed by atoms with Crippen LogP contribution < -0.4 is 0 Å². The Morgan fingerprint density at radius 1 is 1.28 bits per heavy atom. The summed E-state index contributed by atoms with van der Waals surface area (Å²) in [4.78, 5) is 50.1. The van der Waals surface area contributed by atoms with Crippen LogP contribution in [0.15, 0.2) is 24.3 Å². The molecule has 1 aliphatic carbocycles. The number of nitrogens with zero attached hydrogens (tertiary/aromatic N) is 2. The smallest absolute Gasteiger partial charge is 0.329 e. The van der Waals surface area contributed by atoms with Crippen molar-refractivity contribution in [1.29, 1.82) is 0 Å². The topological polar surface area (TPSA) is 107 Å². The van der Waals surface area contributed by atoms with Crippen molar-refractivity contribution < 1.29 is 24.0 Å². The first-order chi connectivity index (χ1) is 13.9. The molecule has 0 radical (unpaired) electrons. The highest BCUT2D eigenvalue weighted by molar-refractivity contribution is 7.98. The van der Waals surface area contributed by atoms with E-state index in [2.05, 4.69) is 0 Å². The molecule has 29 heavy (non-hydrogen) atoms. The number of fused-ring (bicyclic) bond motifs is 1. The Labute approximate surface area is 173 Å². The summed E-state index contributed by atoms with van der Waals surface area (Å²) in [7, 11) is 0. The number of hydrogen-bond acceptors (Lipinski definition) is 7. The van der Waals surface area contributed by atoms with Gasteiger partial charge in [0.15, 0.2) is 0 Å². The van der Waals surface area contributed by atoms with Crippen LogP contribution in [0.1, 0.15) is 37.7 Å². The maximum Gasteiger partial charge on any atom is 0.329 e. The summed E-state index contributed by atoms with van der Waals surface area (Å²) in [6.45, 7) is -0.153. The van der Waals surface area contributed by atoms with Gasteiger partial charge >= 0.3 is 5.97 Å². The second-order valence-electron chi connectivity index (χ2n) is 7.38. The van der Waals surface area contributed by atoms with Gasteiger partial charge in [0.1, 0.15) is 12.6 Å². The number of nitro groups is 1. The van der Waals surface area contributed by atoms with Crippen LogP contribution in [0.4, 0.5) is 5.69 Å².